The molecule has 0 spiro atoms. The Morgan fingerprint density at radius 2 is 0.828 bits per heavy atom. The van der Waals surface area contributed by atoms with E-state index in [9.17, 15) is 0 Å². The highest BCUT2D eigenvalue weighted by Gasteiger charge is 2.38. The third-order valence-electron chi connectivity index (χ3n) is 18.6. The first-order chi connectivity index (χ1) is 54.5. The SMILES string of the molecule is C.CC(C)C(CO)CO.CC(C)CC(C)C.CC(C)CCCCO.CC(C)CCCN(CCO)CCO.CC(C)CCCN1CCOCC1.CC(C)CCCn1ccnc1.CC(C)CCOCCO.CCCCCCCCCCC(C)C.CCO[Si](CCCC(C)C)(OC)OCC.COC(CCCC(C)C)OC.COCCCC(C)C. The summed E-state index contributed by atoms with van der Waals surface area (Å²) in [4.78, 5) is 8.59. The van der Waals surface area contributed by atoms with Gasteiger partial charge in [0.05, 0.1) is 46.0 Å². The van der Waals surface area contributed by atoms with Gasteiger partial charge in [-0.15, -0.1) is 0 Å². The maximum Gasteiger partial charge on any atom is 0.500 e. The maximum absolute atomic E-state index is 8.75. The van der Waals surface area contributed by atoms with E-state index < -0.39 is 8.80 Å². The molecular weight excluding hydrogens is 1470 g/mol. The fourth-order valence-electron chi connectivity index (χ4n) is 11.5. The summed E-state index contributed by atoms with van der Waals surface area (Å²) in [6, 6.07) is 0.934. The van der Waals surface area contributed by atoms with Gasteiger partial charge in [0, 0.05) is 132 Å². The van der Waals surface area contributed by atoms with Crippen LogP contribution in [0, 0.1) is 76.9 Å². The molecule has 0 radical (unpaired) electrons. The van der Waals surface area contributed by atoms with Crippen molar-refractivity contribution in [2.45, 2.75) is 387 Å². The van der Waals surface area contributed by atoms with E-state index in [1.807, 2.05) is 46.4 Å². The molecule has 2 heterocycles. The van der Waals surface area contributed by atoms with Crippen LogP contribution in [0.2, 0.25) is 6.04 Å². The molecular formula is C97H216N4O14Si. The van der Waals surface area contributed by atoms with Crippen molar-refractivity contribution in [3.8, 4) is 0 Å². The zero-order chi connectivity index (χ0) is 89.7. The average Bonchev–Trinajstić information content (AvgIpc) is 1.02. The van der Waals surface area contributed by atoms with E-state index in [2.05, 4.69) is 179 Å². The highest BCUT2D eigenvalue weighted by molar-refractivity contribution is 6.60. The van der Waals surface area contributed by atoms with Gasteiger partial charge in [0.1, 0.15) is 0 Å². The monoisotopic (exact) mass is 1690 g/mol. The smallest absolute Gasteiger partial charge is 0.396 e. The fraction of sp³-hybridized carbons (Fsp3) is 0.969. The molecule has 0 amide bonds. The van der Waals surface area contributed by atoms with Gasteiger partial charge in [-0.3, -0.25) is 9.80 Å². The van der Waals surface area contributed by atoms with E-state index in [1.54, 1.807) is 28.4 Å². The molecule has 18 nitrogen and oxygen atoms in total. The Bertz CT molecular complexity index is 1760. The molecule has 1 aromatic heterocycles. The first-order valence-corrected chi connectivity index (χ1v) is 49.0. The summed E-state index contributed by atoms with van der Waals surface area (Å²) in [5.74, 6) is 9.34. The minimum atomic E-state index is -2.34. The van der Waals surface area contributed by atoms with Crippen molar-refractivity contribution in [2.75, 3.05) is 154 Å². The summed E-state index contributed by atoms with van der Waals surface area (Å²) in [7, 11) is 4.48. The van der Waals surface area contributed by atoms with Gasteiger partial charge in [-0.05, 0) is 188 Å². The van der Waals surface area contributed by atoms with E-state index in [0.717, 1.165) is 150 Å². The Balaban J connectivity index is -0.000000134. The van der Waals surface area contributed by atoms with Gasteiger partial charge >= 0.3 is 8.80 Å². The van der Waals surface area contributed by atoms with Crippen molar-refractivity contribution in [3.63, 3.8) is 0 Å². The molecule has 6 N–H and O–H groups in total. The fourth-order valence-corrected chi connectivity index (χ4v) is 13.8. The van der Waals surface area contributed by atoms with Gasteiger partial charge < -0.3 is 72.2 Å². The number of ether oxygens (including phenoxy) is 5. The highest BCUT2D eigenvalue weighted by atomic mass is 28.4. The lowest BCUT2D eigenvalue weighted by atomic mass is 9.98. The van der Waals surface area contributed by atoms with Crippen LogP contribution in [0.3, 0.4) is 0 Å². The third kappa shape index (κ3) is 131. The van der Waals surface area contributed by atoms with Crippen molar-refractivity contribution in [1.29, 1.82) is 0 Å². The number of nitrogens with zero attached hydrogens (tertiary/aromatic N) is 4. The highest BCUT2D eigenvalue weighted by Crippen LogP contribution is 2.21. The minimum Gasteiger partial charge on any atom is -0.396 e. The number of aryl methyl sites for hydroxylation is 1. The second-order valence-electron chi connectivity index (χ2n) is 36.1. The lowest BCUT2D eigenvalue weighted by Crippen LogP contribution is -2.44. The van der Waals surface area contributed by atoms with Crippen molar-refractivity contribution in [3.05, 3.63) is 18.7 Å². The molecule has 1 saturated heterocycles. The van der Waals surface area contributed by atoms with Gasteiger partial charge in [-0.25, -0.2) is 4.98 Å². The molecule has 0 unspecified atom stereocenters. The van der Waals surface area contributed by atoms with Crippen molar-refractivity contribution in [1.82, 2.24) is 19.4 Å². The van der Waals surface area contributed by atoms with Crippen LogP contribution in [0.1, 0.15) is 368 Å². The van der Waals surface area contributed by atoms with E-state index in [4.69, 9.17) is 67.6 Å². The van der Waals surface area contributed by atoms with Gasteiger partial charge in [0.25, 0.3) is 0 Å². The Kier molecular flexibility index (Phi) is 126. The zero-order valence-electron chi connectivity index (χ0n) is 83.0. The van der Waals surface area contributed by atoms with Crippen molar-refractivity contribution >= 4 is 8.80 Å². The van der Waals surface area contributed by atoms with Gasteiger partial charge in [-0.1, -0.05) is 264 Å². The third-order valence-corrected chi connectivity index (χ3v) is 21.7. The molecule has 1 aromatic rings. The Morgan fingerprint density at radius 3 is 1.18 bits per heavy atom. The van der Waals surface area contributed by atoms with E-state index >= 15 is 0 Å². The lowest BCUT2D eigenvalue weighted by molar-refractivity contribution is -0.107. The number of hydrogen-bond donors (Lipinski definition) is 6. The molecule has 0 atom stereocenters. The van der Waals surface area contributed by atoms with Crippen molar-refractivity contribution in [2.24, 2.45) is 76.9 Å². The summed E-state index contributed by atoms with van der Waals surface area (Å²) in [6.45, 7) is 73.0. The second-order valence-corrected chi connectivity index (χ2v) is 39.0. The lowest BCUT2D eigenvalue weighted by Gasteiger charge is -2.27. The maximum atomic E-state index is 8.75. The number of imidazole rings is 1. The summed E-state index contributed by atoms with van der Waals surface area (Å²) in [5, 5.41) is 51.3. The molecule has 712 valence electrons. The number of unbranched alkanes of at least 4 members (excludes halogenated alkanes) is 8. The van der Waals surface area contributed by atoms with Crippen LogP contribution in [0.25, 0.3) is 0 Å². The Labute approximate surface area is 727 Å². The molecule has 1 fully saturated rings. The molecule has 1 aliphatic heterocycles. The molecule has 19 heteroatoms. The van der Waals surface area contributed by atoms with Crippen LogP contribution in [0.15, 0.2) is 18.7 Å². The van der Waals surface area contributed by atoms with Crippen LogP contribution >= 0.6 is 0 Å². The zero-order valence-corrected chi connectivity index (χ0v) is 84.0. The predicted molar refractivity (Wildman–Crippen MR) is 508 cm³/mol. The first-order valence-electron chi connectivity index (χ1n) is 47.1. The first kappa shape index (κ1) is 135. The predicted octanol–water partition coefficient (Wildman–Crippen LogP) is 24.0. The van der Waals surface area contributed by atoms with Crippen LogP contribution in [-0.4, -0.2) is 219 Å². The largest absolute Gasteiger partial charge is 0.500 e. The standard InChI is InChI=1S/C13H28.C11H26O3Si.C10H23NO2.C10H21NO.C9H16N2.C9H20O2.C7H16O2.2C7H16O.C7H16.C6H14O2.CH4/c1-4-5-6-7-8-9-10-11-12-13(2)3;1-6-13-15(12-5,14-7-2)10-8-9-11(3)4;1-10(2)4-3-5-11(6-8-12)7-9-13;1-10(2)4-3-5-11-6-8-12-9-7-11;1-9(2)4-3-6-11-7-5-10-8-11;1-8(2)6-5-7-9(10-3)11-4;1-7(2)3-5-9-6-4-8;1-7(2)5-4-6-8-3;1-7(2)5-3-4-6-8;1-6(2)5-7(3)4;1-5(2)6(3-7)4-8;/h13H,4-12H2,1-3H3;11H,6-10H2,1-5H3;10,12-13H,3-9H2,1-2H3;10H,3-9H2,1-2H3;5,7-9H,3-4,6H2,1-2H3;8-9H,5-7H2,1-4H3;7-8H,3-6H2,1-2H3;7H,4-6H2,1-3H3;7-8H,3-6H2,1-2H3;6-7H,5H2,1-4H3;5-8H,3-4H2,1-2H3;1H4. The summed E-state index contributed by atoms with van der Waals surface area (Å²) >= 11 is 0. The second kappa shape index (κ2) is 108. The van der Waals surface area contributed by atoms with Gasteiger partial charge in [0.2, 0.25) is 0 Å². The normalized spacial score (nSPS) is 12.1. The molecule has 0 aromatic carbocycles. The van der Waals surface area contributed by atoms with Gasteiger partial charge in [-0.2, -0.15) is 0 Å². The van der Waals surface area contributed by atoms with Gasteiger partial charge in [0.15, 0.2) is 6.29 Å². The number of methoxy groups -OCH3 is 3. The Hall–Kier alpha value is -1.21. The molecule has 1 aliphatic rings. The molecule has 0 aliphatic carbocycles. The van der Waals surface area contributed by atoms with Crippen LogP contribution in [0.5, 0.6) is 0 Å². The number of morpholine rings is 1. The molecule has 0 saturated carbocycles. The molecule has 0 bridgehead atoms. The molecule has 116 heavy (non-hydrogen) atoms. The van der Waals surface area contributed by atoms with E-state index in [1.165, 1.54) is 148 Å². The minimum absolute atomic E-state index is 0. The van der Waals surface area contributed by atoms with Crippen LogP contribution < -0.4 is 0 Å². The van der Waals surface area contributed by atoms with Crippen molar-refractivity contribution < 1.29 is 67.6 Å². The quantitative estimate of drug-likeness (QED) is 0.0203. The topological polar surface area (TPSA) is 220 Å². The number of aliphatic hydroxyl groups excluding tert-OH is 6. The number of hydrogen-bond acceptors (Lipinski definition) is 17. The Morgan fingerprint density at radius 1 is 0.414 bits per heavy atom. The average molecular weight is 1690 g/mol. The molecule has 2 rings (SSSR count). The summed E-state index contributed by atoms with van der Waals surface area (Å²) in [6.07, 6.45) is 40.5. The number of aliphatic hydroxyl groups is 6. The number of aromatic nitrogens is 2. The van der Waals surface area contributed by atoms with Crippen LogP contribution in [-0.2, 0) is 43.5 Å². The van der Waals surface area contributed by atoms with E-state index in [-0.39, 0.29) is 52.7 Å². The van der Waals surface area contributed by atoms with E-state index in [0.29, 0.717) is 51.4 Å². The number of rotatable bonds is 58. The summed E-state index contributed by atoms with van der Waals surface area (Å²) in [5.41, 5.74) is 0. The summed E-state index contributed by atoms with van der Waals surface area (Å²) < 4.78 is 44.4. The van der Waals surface area contributed by atoms with Crippen LogP contribution in [0.4, 0.5) is 0 Å².